The van der Waals surface area contributed by atoms with E-state index in [1.807, 2.05) is 17.5 Å². The molecule has 0 unspecified atom stereocenters. The van der Waals surface area contributed by atoms with Gasteiger partial charge in [-0.05, 0) is 24.4 Å². The summed E-state index contributed by atoms with van der Waals surface area (Å²) in [5, 5.41) is 7.19. The van der Waals surface area contributed by atoms with Crippen LogP contribution in [0.25, 0.3) is 10.6 Å². The molecule has 2 aromatic heterocycles. The van der Waals surface area contributed by atoms with Crippen molar-refractivity contribution in [2.45, 2.75) is 6.42 Å². The molecule has 2 heterocycles. The molecule has 1 aromatic carbocycles. The maximum absolute atomic E-state index is 11.9. The largest absolute Gasteiger partial charge is 0.335 e. The molecule has 132 valence electrons. The summed E-state index contributed by atoms with van der Waals surface area (Å²) in [7, 11) is 0. The Morgan fingerprint density at radius 2 is 2.12 bits per heavy atom. The second-order valence-corrected chi connectivity index (χ2v) is 6.87. The van der Waals surface area contributed by atoms with Gasteiger partial charge in [-0.15, -0.1) is 11.3 Å². The Hall–Kier alpha value is -2.62. The van der Waals surface area contributed by atoms with E-state index in [-0.39, 0.29) is 22.7 Å². The molecule has 7 nitrogen and oxygen atoms in total. The smallest absolute Gasteiger partial charge is 0.251 e. The highest BCUT2D eigenvalue weighted by Crippen LogP contribution is 2.24. The number of aromatic amines is 2. The summed E-state index contributed by atoms with van der Waals surface area (Å²) in [6.45, 7) is 0. The molecule has 0 aliphatic heterocycles. The van der Waals surface area contributed by atoms with Gasteiger partial charge in [0.2, 0.25) is 5.91 Å². The van der Waals surface area contributed by atoms with E-state index < -0.39 is 0 Å². The number of aromatic nitrogens is 3. The Balaban J connectivity index is 1.60. The average Bonchev–Trinajstić information content (AvgIpc) is 3.03. The molecule has 0 saturated heterocycles. The Bertz CT molecular complexity index is 1040. The van der Waals surface area contributed by atoms with Gasteiger partial charge in [0.05, 0.1) is 18.3 Å². The van der Waals surface area contributed by atoms with E-state index in [0.717, 1.165) is 10.6 Å². The van der Waals surface area contributed by atoms with Gasteiger partial charge in [-0.3, -0.25) is 14.6 Å². The van der Waals surface area contributed by atoms with Gasteiger partial charge in [0.1, 0.15) is 5.01 Å². The first-order valence-corrected chi connectivity index (χ1v) is 9.02. The average molecular weight is 406 g/mol. The summed E-state index contributed by atoms with van der Waals surface area (Å²) in [5.41, 5.74) is 4.00. The summed E-state index contributed by atoms with van der Waals surface area (Å²) < 4.78 is 0.168. The van der Waals surface area contributed by atoms with Crippen LogP contribution in [0.2, 0.25) is 5.02 Å². The monoisotopic (exact) mass is 405 g/mol. The SMILES string of the molecule is O=C(Cc1cc(=O)[nH]c(=S)[nH]1)N/N=C\c1csc(-c2ccc(Cl)cc2)n1. The van der Waals surface area contributed by atoms with Crippen LogP contribution in [0.5, 0.6) is 0 Å². The van der Waals surface area contributed by atoms with Gasteiger partial charge < -0.3 is 4.98 Å². The first-order chi connectivity index (χ1) is 12.5. The minimum atomic E-state index is -0.384. The van der Waals surface area contributed by atoms with E-state index in [9.17, 15) is 9.59 Å². The summed E-state index contributed by atoms with van der Waals surface area (Å²) in [5.74, 6) is -0.384. The maximum atomic E-state index is 11.9. The number of carbonyl (C=O) groups is 1. The van der Waals surface area contributed by atoms with Gasteiger partial charge in [0.15, 0.2) is 4.77 Å². The van der Waals surface area contributed by atoms with Crippen molar-refractivity contribution in [1.82, 2.24) is 20.4 Å². The number of nitrogens with one attached hydrogen (secondary N) is 3. The Morgan fingerprint density at radius 1 is 1.35 bits per heavy atom. The van der Waals surface area contributed by atoms with E-state index in [0.29, 0.717) is 16.4 Å². The van der Waals surface area contributed by atoms with E-state index in [2.05, 4.69) is 25.5 Å². The molecule has 0 aliphatic carbocycles. The van der Waals surface area contributed by atoms with Crippen molar-refractivity contribution >= 4 is 47.3 Å². The lowest BCUT2D eigenvalue weighted by Crippen LogP contribution is -2.21. The fourth-order valence-electron chi connectivity index (χ4n) is 2.07. The molecule has 3 aromatic rings. The van der Waals surface area contributed by atoms with Crippen molar-refractivity contribution in [3.05, 3.63) is 67.2 Å². The van der Waals surface area contributed by atoms with Crippen LogP contribution in [0, 0.1) is 4.77 Å². The molecule has 0 radical (unpaired) electrons. The number of hydrogen-bond donors (Lipinski definition) is 3. The molecule has 0 saturated carbocycles. The van der Waals surface area contributed by atoms with Crippen molar-refractivity contribution in [3.63, 3.8) is 0 Å². The third-order valence-electron chi connectivity index (χ3n) is 3.17. The number of hydrogen-bond acceptors (Lipinski definition) is 6. The van der Waals surface area contributed by atoms with Gasteiger partial charge in [0.25, 0.3) is 5.56 Å². The van der Waals surface area contributed by atoms with E-state index in [4.69, 9.17) is 23.8 Å². The van der Waals surface area contributed by atoms with Gasteiger partial charge in [-0.1, -0.05) is 23.7 Å². The Labute approximate surface area is 161 Å². The number of amides is 1. The lowest BCUT2D eigenvalue weighted by atomic mass is 10.2. The third kappa shape index (κ3) is 4.94. The Kier molecular flexibility index (Phi) is 5.71. The highest BCUT2D eigenvalue weighted by atomic mass is 35.5. The first kappa shape index (κ1) is 18.2. The third-order valence-corrected chi connectivity index (χ3v) is 4.53. The van der Waals surface area contributed by atoms with Crippen LogP contribution in [0.3, 0.4) is 0 Å². The summed E-state index contributed by atoms with van der Waals surface area (Å²) in [6, 6.07) is 8.64. The van der Waals surface area contributed by atoms with Crippen LogP contribution in [0.1, 0.15) is 11.4 Å². The molecule has 10 heteroatoms. The van der Waals surface area contributed by atoms with Crippen molar-refractivity contribution < 1.29 is 4.79 Å². The highest BCUT2D eigenvalue weighted by Gasteiger charge is 2.05. The summed E-state index contributed by atoms with van der Waals surface area (Å²) >= 11 is 12.2. The van der Waals surface area contributed by atoms with E-state index in [1.165, 1.54) is 23.6 Å². The van der Waals surface area contributed by atoms with Crippen LogP contribution in [-0.2, 0) is 11.2 Å². The predicted molar refractivity (Wildman–Crippen MR) is 104 cm³/mol. The number of carbonyl (C=O) groups excluding carboxylic acids is 1. The second kappa shape index (κ2) is 8.17. The van der Waals surface area contributed by atoms with E-state index in [1.54, 1.807) is 12.1 Å². The number of H-pyrrole nitrogens is 2. The molecule has 26 heavy (non-hydrogen) atoms. The molecule has 3 N–H and O–H groups in total. The zero-order chi connectivity index (χ0) is 18.5. The lowest BCUT2D eigenvalue weighted by molar-refractivity contribution is -0.120. The highest BCUT2D eigenvalue weighted by molar-refractivity contribution is 7.71. The quantitative estimate of drug-likeness (QED) is 0.345. The lowest BCUT2D eigenvalue weighted by Gasteiger charge is -1.99. The minimum absolute atomic E-state index is 0.0437. The molecule has 0 aliphatic rings. The topological polar surface area (TPSA) is 103 Å². The molecule has 0 fully saturated rings. The standard InChI is InChI=1S/C16H12ClN5O2S2/c17-10-3-1-9(2-4-10)15-19-12(8-26-15)7-18-22-14(24)6-11-5-13(23)21-16(25)20-11/h1-5,7-8H,6H2,(H,22,24)(H2,20,21,23,25)/b18-7-. The van der Waals surface area contributed by atoms with Gasteiger partial charge in [-0.25, -0.2) is 10.4 Å². The minimum Gasteiger partial charge on any atom is -0.335 e. The number of rotatable bonds is 5. The molecule has 1 amide bonds. The van der Waals surface area contributed by atoms with Crippen molar-refractivity contribution in [3.8, 4) is 10.6 Å². The summed E-state index contributed by atoms with van der Waals surface area (Å²) in [4.78, 5) is 32.7. The Morgan fingerprint density at radius 3 is 2.85 bits per heavy atom. The zero-order valence-corrected chi connectivity index (χ0v) is 15.5. The number of nitrogens with zero attached hydrogens (tertiary/aromatic N) is 2. The molecule has 0 atom stereocenters. The molecule has 3 rings (SSSR count). The van der Waals surface area contributed by atoms with Crippen molar-refractivity contribution in [1.29, 1.82) is 0 Å². The maximum Gasteiger partial charge on any atom is 0.251 e. The van der Waals surface area contributed by atoms with Crippen LogP contribution >= 0.6 is 35.2 Å². The van der Waals surface area contributed by atoms with Crippen LogP contribution in [0.15, 0.2) is 45.6 Å². The number of thiazole rings is 1. The fourth-order valence-corrected chi connectivity index (χ4v) is 3.20. The van der Waals surface area contributed by atoms with E-state index >= 15 is 0 Å². The molecular weight excluding hydrogens is 394 g/mol. The second-order valence-electron chi connectivity index (χ2n) is 5.17. The normalized spacial score (nSPS) is 11.0. The number of hydrazone groups is 1. The zero-order valence-electron chi connectivity index (χ0n) is 13.2. The fraction of sp³-hybridized carbons (Fsp3) is 0.0625. The molecule has 0 spiro atoms. The van der Waals surface area contributed by atoms with Gasteiger partial charge >= 0.3 is 0 Å². The van der Waals surface area contributed by atoms with Gasteiger partial charge in [0, 0.05) is 27.7 Å². The van der Waals surface area contributed by atoms with Crippen LogP contribution in [0.4, 0.5) is 0 Å². The van der Waals surface area contributed by atoms with Crippen LogP contribution < -0.4 is 11.0 Å². The number of halogens is 1. The molecular formula is C16H12ClN5O2S2. The van der Waals surface area contributed by atoms with Gasteiger partial charge in [-0.2, -0.15) is 5.10 Å². The van der Waals surface area contributed by atoms with Crippen LogP contribution in [-0.4, -0.2) is 27.1 Å². The predicted octanol–water partition coefficient (Wildman–Crippen LogP) is 2.90. The van der Waals surface area contributed by atoms with Crippen molar-refractivity contribution in [2.24, 2.45) is 5.10 Å². The first-order valence-electron chi connectivity index (χ1n) is 7.35. The molecule has 0 bridgehead atoms. The van der Waals surface area contributed by atoms with Crippen molar-refractivity contribution in [2.75, 3.05) is 0 Å². The summed E-state index contributed by atoms with van der Waals surface area (Å²) in [6.07, 6.45) is 1.41. The number of benzene rings is 1.